The molecule has 100 valence electrons. The molecule has 0 aliphatic carbocycles. The molecule has 0 spiro atoms. The molecule has 0 aromatic carbocycles. The molecule has 0 radical (unpaired) electrons. The van der Waals surface area contributed by atoms with Crippen LogP contribution in [0.5, 0.6) is 0 Å². The monoisotopic (exact) mass is 288 g/mol. The van der Waals surface area contributed by atoms with Crippen molar-refractivity contribution in [3.63, 3.8) is 0 Å². The van der Waals surface area contributed by atoms with E-state index < -0.39 is 10.0 Å². The summed E-state index contributed by atoms with van der Waals surface area (Å²) in [6, 6.07) is 3.69. The number of piperidine rings is 1. The maximum absolute atomic E-state index is 12.2. The molecule has 1 fully saturated rings. The van der Waals surface area contributed by atoms with Gasteiger partial charge < -0.3 is 0 Å². The predicted molar refractivity (Wildman–Crippen MR) is 72.2 cm³/mol. The molecule has 2 rings (SSSR count). The molecular formula is C12H17ClN2O2S. The van der Waals surface area contributed by atoms with Crippen LogP contribution in [0, 0.1) is 0 Å². The second-order valence-electron chi connectivity index (χ2n) is 4.52. The van der Waals surface area contributed by atoms with Gasteiger partial charge in [0.2, 0.25) is 10.0 Å². The first-order valence-corrected chi connectivity index (χ1v) is 8.13. The molecule has 1 aliphatic heterocycles. The lowest BCUT2D eigenvalue weighted by Gasteiger charge is -2.28. The highest BCUT2D eigenvalue weighted by Crippen LogP contribution is 2.18. The van der Waals surface area contributed by atoms with Crippen LogP contribution in [0.3, 0.4) is 0 Å². The lowest BCUT2D eigenvalue weighted by atomic mass is 10.2. The molecule has 2 heterocycles. The van der Waals surface area contributed by atoms with E-state index in [1.807, 2.05) is 12.1 Å². The van der Waals surface area contributed by atoms with E-state index in [-0.39, 0.29) is 11.1 Å². The average Bonchev–Trinajstić information content (AvgIpc) is 2.38. The minimum absolute atomic E-state index is 0.0468. The first kappa shape index (κ1) is 13.8. The van der Waals surface area contributed by atoms with Crippen LogP contribution in [0.15, 0.2) is 24.5 Å². The fourth-order valence-electron chi connectivity index (χ4n) is 2.07. The Morgan fingerprint density at radius 3 is 2.78 bits per heavy atom. The molecular weight excluding hydrogens is 272 g/mol. The molecule has 0 amide bonds. The lowest BCUT2D eigenvalue weighted by Crippen LogP contribution is -2.41. The molecule has 0 bridgehead atoms. The Labute approximate surface area is 113 Å². The highest BCUT2D eigenvalue weighted by Gasteiger charge is 2.27. The van der Waals surface area contributed by atoms with E-state index in [4.69, 9.17) is 11.6 Å². The number of hydrogen-bond donors (Lipinski definition) is 0. The zero-order valence-electron chi connectivity index (χ0n) is 10.1. The van der Waals surface area contributed by atoms with Crippen molar-refractivity contribution in [2.75, 3.05) is 18.8 Å². The molecule has 18 heavy (non-hydrogen) atoms. The molecule has 6 heteroatoms. The molecule has 1 aliphatic rings. The fourth-order valence-corrected chi connectivity index (χ4v) is 4.04. The topological polar surface area (TPSA) is 50.3 Å². The highest BCUT2D eigenvalue weighted by molar-refractivity contribution is 7.89. The number of aryl methyl sites for hydroxylation is 1. The van der Waals surface area contributed by atoms with E-state index in [9.17, 15) is 8.42 Å². The van der Waals surface area contributed by atoms with Crippen molar-refractivity contribution in [2.24, 2.45) is 0 Å². The van der Waals surface area contributed by atoms with Gasteiger partial charge in [0, 0.05) is 30.9 Å². The summed E-state index contributed by atoms with van der Waals surface area (Å²) in [6.07, 6.45) is 5.63. The van der Waals surface area contributed by atoms with Crippen LogP contribution in [0.4, 0.5) is 0 Å². The number of alkyl halides is 1. The summed E-state index contributed by atoms with van der Waals surface area (Å²) in [6.45, 7) is 1.04. The van der Waals surface area contributed by atoms with Gasteiger partial charge in [0.05, 0.1) is 5.75 Å². The van der Waals surface area contributed by atoms with E-state index >= 15 is 0 Å². The van der Waals surface area contributed by atoms with E-state index in [1.165, 1.54) is 4.31 Å². The zero-order chi connectivity index (χ0) is 13.0. The Morgan fingerprint density at radius 1 is 1.39 bits per heavy atom. The molecule has 1 aromatic rings. The van der Waals surface area contributed by atoms with Crippen LogP contribution >= 0.6 is 11.6 Å². The third kappa shape index (κ3) is 3.67. The summed E-state index contributed by atoms with van der Waals surface area (Å²) in [5, 5.41) is -0.0468. The van der Waals surface area contributed by atoms with Gasteiger partial charge in [-0.2, -0.15) is 0 Å². The number of aromatic nitrogens is 1. The Morgan fingerprint density at radius 2 is 2.11 bits per heavy atom. The molecule has 1 aromatic heterocycles. The Hall–Kier alpha value is -0.650. The van der Waals surface area contributed by atoms with Crippen molar-refractivity contribution >= 4 is 21.6 Å². The van der Waals surface area contributed by atoms with Crippen molar-refractivity contribution in [3.8, 4) is 0 Å². The molecule has 4 nitrogen and oxygen atoms in total. The summed E-state index contributed by atoms with van der Waals surface area (Å²) >= 11 is 6.02. The fraction of sp³-hybridized carbons (Fsp3) is 0.583. The van der Waals surface area contributed by atoms with Gasteiger partial charge >= 0.3 is 0 Å². The summed E-state index contributed by atoms with van der Waals surface area (Å²) in [5.74, 6) is 0.140. The van der Waals surface area contributed by atoms with Crippen molar-refractivity contribution < 1.29 is 8.42 Å². The van der Waals surface area contributed by atoms with Gasteiger partial charge in [-0.3, -0.25) is 4.98 Å². The number of rotatable bonds is 4. The minimum Gasteiger partial charge on any atom is -0.265 e. The largest absolute Gasteiger partial charge is 0.265 e. The van der Waals surface area contributed by atoms with Gasteiger partial charge in [-0.25, -0.2) is 12.7 Å². The van der Waals surface area contributed by atoms with Crippen molar-refractivity contribution in [1.29, 1.82) is 0 Å². The van der Waals surface area contributed by atoms with E-state index in [2.05, 4.69) is 4.98 Å². The predicted octanol–water partition coefficient (Wildman–Crippen LogP) is 1.66. The SMILES string of the molecule is O=S(=O)(CCc1ccncc1)N1CCCC(Cl)C1. The average molecular weight is 289 g/mol. The van der Waals surface area contributed by atoms with Crippen LogP contribution in [-0.2, 0) is 16.4 Å². The second kappa shape index (κ2) is 5.99. The lowest BCUT2D eigenvalue weighted by molar-refractivity contribution is 0.350. The first-order chi connectivity index (χ1) is 8.58. The van der Waals surface area contributed by atoms with Crippen LogP contribution in [0.25, 0.3) is 0 Å². The zero-order valence-corrected chi connectivity index (χ0v) is 11.7. The minimum atomic E-state index is -3.19. The smallest absolute Gasteiger partial charge is 0.214 e. The molecule has 0 N–H and O–H groups in total. The van der Waals surface area contributed by atoms with Gasteiger partial charge in [0.1, 0.15) is 0 Å². The molecule has 1 unspecified atom stereocenters. The van der Waals surface area contributed by atoms with Crippen LogP contribution in [-0.4, -0.2) is 41.9 Å². The quantitative estimate of drug-likeness (QED) is 0.792. The number of halogens is 1. The van der Waals surface area contributed by atoms with Gasteiger partial charge in [-0.05, 0) is 37.0 Å². The second-order valence-corrected chi connectivity index (χ2v) is 7.22. The Kier molecular flexibility index (Phi) is 4.59. The van der Waals surface area contributed by atoms with Gasteiger partial charge in [0.15, 0.2) is 0 Å². The highest BCUT2D eigenvalue weighted by atomic mass is 35.5. The van der Waals surface area contributed by atoms with Crippen LogP contribution < -0.4 is 0 Å². The molecule has 1 saturated heterocycles. The van der Waals surface area contributed by atoms with Crippen LogP contribution in [0.2, 0.25) is 0 Å². The number of nitrogens with zero attached hydrogens (tertiary/aromatic N) is 2. The van der Waals surface area contributed by atoms with Gasteiger partial charge in [0.25, 0.3) is 0 Å². The number of pyridine rings is 1. The van der Waals surface area contributed by atoms with Crippen molar-refractivity contribution in [3.05, 3.63) is 30.1 Å². The first-order valence-electron chi connectivity index (χ1n) is 6.09. The third-order valence-corrected chi connectivity index (χ3v) is 5.31. The van der Waals surface area contributed by atoms with Crippen molar-refractivity contribution in [1.82, 2.24) is 9.29 Å². The maximum Gasteiger partial charge on any atom is 0.214 e. The molecule has 1 atom stereocenters. The maximum atomic E-state index is 12.2. The standard InChI is InChI=1S/C12H17ClN2O2S/c13-12-2-1-8-15(10-12)18(16,17)9-5-11-3-6-14-7-4-11/h3-4,6-7,12H,1-2,5,8-10H2. The Bertz CT molecular complexity index is 478. The van der Waals surface area contributed by atoms with Gasteiger partial charge in [-0.1, -0.05) is 0 Å². The summed E-state index contributed by atoms with van der Waals surface area (Å²) in [4.78, 5) is 3.91. The van der Waals surface area contributed by atoms with E-state index in [1.54, 1.807) is 12.4 Å². The van der Waals surface area contributed by atoms with Gasteiger partial charge in [-0.15, -0.1) is 11.6 Å². The van der Waals surface area contributed by atoms with Crippen LogP contribution in [0.1, 0.15) is 18.4 Å². The normalized spacial score (nSPS) is 21.9. The summed E-state index contributed by atoms with van der Waals surface area (Å²) in [7, 11) is -3.19. The third-order valence-electron chi connectivity index (χ3n) is 3.12. The van der Waals surface area contributed by atoms with E-state index in [0.717, 1.165) is 18.4 Å². The Balaban J connectivity index is 1.95. The van der Waals surface area contributed by atoms with E-state index in [0.29, 0.717) is 19.5 Å². The summed E-state index contributed by atoms with van der Waals surface area (Å²) < 4.78 is 25.8. The number of hydrogen-bond acceptors (Lipinski definition) is 3. The number of sulfonamides is 1. The van der Waals surface area contributed by atoms with Crippen molar-refractivity contribution in [2.45, 2.75) is 24.6 Å². The summed E-state index contributed by atoms with van der Waals surface area (Å²) in [5.41, 5.74) is 0.994. The molecule has 0 saturated carbocycles.